The van der Waals surface area contributed by atoms with Gasteiger partial charge in [-0.3, -0.25) is 4.79 Å². The van der Waals surface area contributed by atoms with Crippen molar-refractivity contribution in [2.45, 2.75) is 4.90 Å². The summed E-state index contributed by atoms with van der Waals surface area (Å²) >= 11 is 1.19. The zero-order valence-corrected chi connectivity index (χ0v) is 14.5. The number of carbonyl (C=O) groups excluding carboxylic acids is 2. The molecule has 0 unspecified atom stereocenters. The number of halogens is 1. The lowest BCUT2D eigenvalue weighted by atomic mass is 10.2. The number of esters is 1. The fourth-order valence-electron chi connectivity index (χ4n) is 1.75. The Morgan fingerprint density at radius 3 is 2.54 bits per heavy atom. The van der Waals surface area contributed by atoms with E-state index in [0.29, 0.717) is 4.88 Å². The van der Waals surface area contributed by atoms with Gasteiger partial charge in [-0.2, -0.15) is 0 Å². The van der Waals surface area contributed by atoms with Crippen molar-refractivity contribution in [3.63, 3.8) is 0 Å². The van der Waals surface area contributed by atoms with Gasteiger partial charge in [0.15, 0.2) is 6.61 Å². The van der Waals surface area contributed by atoms with Crippen molar-refractivity contribution in [2.75, 3.05) is 20.7 Å². The molecule has 6 nitrogen and oxygen atoms in total. The first-order chi connectivity index (χ1) is 11.2. The van der Waals surface area contributed by atoms with Crippen molar-refractivity contribution >= 4 is 33.1 Å². The van der Waals surface area contributed by atoms with Crippen LogP contribution < -0.4 is 0 Å². The van der Waals surface area contributed by atoms with Crippen LogP contribution in [-0.4, -0.2) is 45.2 Å². The first-order valence-corrected chi connectivity index (χ1v) is 9.01. The van der Waals surface area contributed by atoms with Gasteiger partial charge in [0, 0.05) is 14.1 Å². The monoisotopic (exact) mass is 371 g/mol. The van der Waals surface area contributed by atoms with Gasteiger partial charge >= 0.3 is 5.97 Å². The number of benzene rings is 1. The smallest absolute Gasteiger partial charge is 0.341 e. The lowest BCUT2D eigenvalue weighted by molar-refractivity contribution is 0.0471. The van der Waals surface area contributed by atoms with Crippen LogP contribution in [0.15, 0.2) is 40.6 Å². The van der Waals surface area contributed by atoms with Crippen LogP contribution in [-0.2, 0) is 14.8 Å². The molecule has 9 heteroatoms. The molecule has 1 aromatic carbocycles. The highest BCUT2D eigenvalue weighted by Gasteiger charge is 2.22. The van der Waals surface area contributed by atoms with Crippen molar-refractivity contribution < 1.29 is 27.1 Å². The second kappa shape index (κ2) is 7.20. The number of Topliss-reactive ketones (excluding diaryl/α,β-unsaturated/α-hetero) is 1. The summed E-state index contributed by atoms with van der Waals surface area (Å²) in [4.78, 5) is 23.9. The molecule has 0 N–H and O–H groups in total. The van der Waals surface area contributed by atoms with E-state index < -0.39 is 39.8 Å². The Labute approximate surface area is 142 Å². The maximum atomic E-state index is 13.8. The van der Waals surface area contributed by atoms with E-state index in [1.165, 1.54) is 25.4 Å². The fourth-order valence-corrected chi connectivity index (χ4v) is 3.33. The number of hydrogen-bond donors (Lipinski definition) is 0. The summed E-state index contributed by atoms with van der Waals surface area (Å²) in [6.07, 6.45) is 0. The highest BCUT2D eigenvalue weighted by Crippen LogP contribution is 2.19. The second-order valence-corrected chi connectivity index (χ2v) is 8.01. The third-order valence-electron chi connectivity index (χ3n) is 3.07. The third-order valence-corrected chi connectivity index (χ3v) is 5.79. The van der Waals surface area contributed by atoms with Gasteiger partial charge < -0.3 is 4.74 Å². The molecule has 0 amide bonds. The molecule has 0 saturated carbocycles. The maximum absolute atomic E-state index is 13.8. The minimum atomic E-state index is -3.82. The van der Waals surface area contributed by atoms with Crippen LogP contribution in [0.4, 0.5) is 4.39 Å². The summed E-state index contributed by atoms with van der Waals surface area (Å²) < 4.78 is 43.6. The van der Waals surface area contributed by atoms with Gasteiger partial charge in [-0.05, 0) is 29.6 Å². The van der Waals surface area contributed by atoms with Crippen LogP contribution in [0.25, 0.3) is 0 Å². The largest absolute Gasteiger partial charge is 0.454 e. The number of ketones is 1. The first kappa shape index (κ1) is 18.2. The van der Waals surface area contributed by atoms with Gasteiger partial charge in [0.1, 0.15) is 5.82 Å². The van der Waals surface area contributed by atoms with E-state index >= 15 is 0 Å². The summed E-state index contributed by atoms with van der Waals surface area (Å²) in [5.74, 6) is -2.45. The lowest BCUT2D eigenvalue weighted by Gasteiger charge is -2.12. The predicted molar refractivity (Wildman–Crippen MR) is 86.2 cm³/mol. The molecule has 0 atom stereocenters. The summed E-state index contributed by atoms with van der Waals surface area (Å²) in [6.45, 7) is -0.552. The van der Waals surface area contributed by atoms with E-state index in [1.807, 2.05) is 0 Å². The average molecular weight is 371 g/mol. The first-order valence-electron chi connectivity index (χ1n) is 6.69. The number of nitrogens with zero attached hydrogens (tertiary/aromatic N) is 1. The molecule has 1 heterocycles. The number of hydrogen-bond acceptors (Lipinski definition) is 6. The van der Waals surface area contributed by atoms with Crippen molar-refractivity contribution in [3.8, 4) is 0 Å². The topological polar surface area (TPSA) is 80.8 Å². The number of sulfonamides is 1. The minimum Gasteiger partial charge on any atom is -0.454 e. The molecule has 0 spiro atoms. The van der Waals surface area contributed by atoms with Crippen LogP contribution in [0.5, 0.6) is 0 Å². The second-order valence-electron chi connectivity index (χ2n) is 4.91. The number of thiophene rings is 1. The molecule has 0 aliphatic heterocycles. The Kier molecular flexibility index (Phi) is 5.47. The number of ether oxygens (including phenoxy) is 1. The third kappa shape index (κ3) is 3.86. The Morgan fingerprint density at radius 2 is 1.96 bits per heavy atom. The van der Waals surface area contributed by atoms with Crippen molar-refractivity contribution in [1.29, 1.82) is 0 Å². The summed E-state index contributed by atoms with van der Waals surface area (Å²) in [6, 6.07) is 6.07. The zero-order valence-electron chi connectivity index (χ0n) is 12.9. The fraction of sp³-hybridized carbons (Fsp3) is 0.200. The molecule has 24 heavy (non-hydrogen) atoms. The number of carbonyl (C=O) groups is 2. The van der Waals surface area contributed by atoms with Gasteiger partial charge in [-0.15, -0.1) is 11.3 Å². The highest BCUT2D eigenvalue weighted by molar-refractivity contribution is 7.89. The van der Waals surface area contributed by atoms with Gasteiger partial charge in [0.2, 0.25) is 15.8 Å². The molecule has 0 aliphatic carbocycles. The molecule has 0 saturated heterocycles. The normalized spacial score (nSPS) is 11.5. The Morgan fingerprint density at radius 1 is 1.25 bits per heavy atom. The van der Waals surface area contributed by atoms with Crippen LogP contribution in [0.2, 0.25) is 0 Å². The Bertz CT molecular complexity index is 860. The van der Waals surface area contributed by atoms with Crippen molar-refractivity contribution in [3.05, 3.63) is 52.0 Å². The predicted octanol–water partition coefficient (Wildman–Crippen LogP) is 2.18. The standard InChI is InChI=1S/C15H14FNO5S2/c1-17(2)24(20,21)10-5-6-12(16)11(8-10)15(19)22-9-13(18)14-4-3-7-23-14/h3-8H,9H2,1-2H3. The van der Waals surface area contributed by atoms with Gasteiger partial charge in [0.05, 0.1) is 15.3 Å². The van der Waals surface area contributed by atoms with Crippen molar-refractivity contribution in [2.24, 2.45) is 0 Å². The molecule has 2 aromatic rings. The molecular weight excluding hydrogens is 357 g/mol. The van der Waals surface area contributed by atoms with Gasteiger partial charge in [-0.25, -0.2) is 21.9 Å². The molecule has 0 aliphatic rings. The van der Waals surface area contributed by atoms with Crippen LogP contribution in [0, 0.1) is 5.82 Å². The van der Waals surface area contributed by atoms with Gasteiger partial charge in [-0.1, -0.05) is 6.07 Å². The van der Waals surface area contributed by atoms with Crippen LogP contribution in [0.1, 0.15) is 20.0 Å². The number of rotatable bonds is 6. The highest BCUT2D eigenvalue weighted by atomic mass is 32.2. The molecule has 1 aromatic heterocycles. The zero-order chi connectivity index (χ0) is 17.9. The molecule has 0 fully saturated rings. The maximum Gasteiger partial charge on any atom is 0.341 e. The Balaban J connectivity index is 2.19. The van der Waals surface area contributed by atoms with E-state index in [1.54, 1.807) is 17.5 Å². The van der Waals surface area contributed by atoms with E-state index in [2.05, 4.69) is 0 Å². The van der Waals surface area contributed by atoms with Gasteiger partial charge in [0.25, 0.3) is 0 Å². The summed E-state index contributed by atoms with van der Waals surface area (Å²) in [5, 5.41) is 1.70. The SMILES string of the molecule is CN(C)S(=O)(=O)c1ccc(F)c(C(=O)OCC(=O)c2cccs2)c1. The summed E-state index contributed by atoms with van der Waals surface area (Å²) in [7, 11) is -1.19. The molecule has 128 valence electrons. The van der Waals surface area contributed by atoms with E-state index in [0.717, 1.165) is 22.5 Å². The molecule has 0 bridgehead atoms. The molecule has 0 radical (unpaired) electrons. The van der Waals surface area contributed by atoms with Crippen molar-refractivity contribution in [1.82, 2.24) is 4.31 Å². The van der Waals surface area contributed by atoms with Crippen LogP contribution in [0.3, 0.4) is 0 Å². The minimum absolute atomic E-state index is 0.245. The van der Waals surface area contributed by atoms with E-state index in [4.69, 9.17) is 4.74 Å². The average Bonchev–Trinajstić information content (AvgIpc) is 3.06. The lowest BCUT2D eigenvalue weighted by Crippen LogP contribution is -2.23. The quantitative estimate of drug-likeness (QED) is 0.574. The Hall–Kier alpha value is -2.10. The summed E-state index contributed by atoms with van der Waals surface area (Å²) in [5.41, 5.74) is -0.545. The molecule has 2 rings (SSSR count). The molecular formula is C15H14FNO5S2. The van der Waals surface area contributed by atoms with E-state index in [9.17, 15) is 22.4 Å². The van der Waals surface area contributed by atoms with Crippen LogP contribution >= 0.6 is 11.3 Å². The van der Waals surface area contributed by atoms with E-state index in [-0.39, 0.29) is 4.90 Å².